The molecule has 0 spiro atoms. The number of hydrogen-bond acceptors (Lipinski definition) is 3. The van der Waals surface area contributed by atoms with Gasteiger partial charge < -0.3 is 4.84 Å². The van der Waals surface area contributed by atoms with Crippen molar-refractivity contribution in [3.05, 3.63) is 12.2 Å². The Kier molecular flexibility index (Phi) is 2.85. The van der Waals surface area contributed by atoms with Crippen LogP contribution in [0.3, 0.4) is 0 Å². The van der Waals surface area contributed by atoms with E-state index in [1.165, 1.54) is 25.2 Å². The van der Waals surface area contributed by atoms with Crippen LogP contribution in [0.5, 0.6) is 0 Å². The van der Waals surface area contributed by atoms with E-state index >= 15 is 0 Å². The quantitative estimate of drug-likeness (QED) is 0.375. The molecule has 0 aliphatic carbocycles. The number of nitrogens with zero attached hydrogens (tertiary/aromatic N) is 2. The zero-order chi connectivity index (χ0) is 9.80. The molecule has 2 unspecified atom stereocenters. The summed E-state index contributed by atoms with van der Waals surface area (Å²) in [5.74, 6) is 3.05. The van der Waals surface area contributed by atoms with E-state index in [0.717, 1.165) is 6.54 Å². The van der Waals surface area contributed by atoms with Crippen molar-refractivity contribution in [2.75, 3.05) is 26.2 Å². The SMILES string of the molecule is C#C/C=C/CO/N=C1/CN2CCC1C2. The minimum absolute atomic E-state index is 0.473. The topological polar surface area (TPSA) is 24.8 Å². The van der Waals surface area contributed by atoms with Gasteiger partial charge in [-0.25, -0.2) is 0 Å². The van der Waals surface area contributed by atoms with E-state index in [4.69, 9.17) is 11.3 Å². The van der Waals surface area contributed by atoms with E-state index in [9.17, 15) is 0 Å². The molecule has 3 heteroatoms. The van der Waals surface area contributed by atoms with Crippen LogP contribution >= 0.6 is 0 Å². The van der Waals surface area contributed by atoms with Crippen molar-refractivity contribution < 1.29 is 4.84 Å². The lowest BCUT2D eigenvalue weighted by atomic mass is 10.0. The number of piperidine rings is 1. The lowest BCUT2D eigenvalue weighted by Gasteiger charge is -2.12. The molecule has 2 fully saturated rings. The molecular weight excluding hydrogens is 176 g/mol. The summed E-state index contributed by atoms with van der Waals surface area (Å²) in [5, 5.41) is 4.13. The molecule has 0 N–H and O–H groups in total. The second kappa shape index (κ2) is 4.30. The third kappa shape index (κ3) is 1.97. The Labute approximate surface area is 84.4 Å². The lowest BCUT2D eigenvalue weighted by Crippen LogP contribution is -2.23. The van der Waals surface area contributed by atoms with Gasteiger partial charge in [-0.1, -0.05) is 11.1 Å². The summed E-state index contributed by atoms with van der Waals surface area (Å²) in [6.07, 6.45) is 9.70. The van der Waals surface area contributed by atoms with Crippen molar-refractivity contribution >= 4 is 5.71 Å². The molecule has 2 saturated heterocycles. The minimum atomic E-state index is 0.473. The summed E-state index contributed by atoms with van der Waals surface area (Å²) in [5.41, 5.74) is 1.20. The molecule has 74 valence electrons. The molecule has 14 heavy (non-hydrogen) atoms. The van der Waals surface area contributed by atoms with Crippen LogP contribution in [0.4, 0.5) is 0 Å². The Balaban J connectivity index is 1.77. The molecule has 0 aromatic carbocycles. The van der Waals surface area contributed by atoms with Gasteiger partial charge >= 0.3 is 0 Å². The van der Waals surface area contributed by atoms with Gasteiger partial charge in [0.05, 0.1) is 5.71 Å². The van der Waals surface area contributed by atoms with Gasteiger partial charge in [0.2, 0.25) is 0 Å². The highest BCUT2D eigenvalue weighted by molar-refractivity contribution is 5.91. The van der Waals surface area contributed by atoms with Crippen molar-refractivity contribution in [3.8, 4) is 12.3 Å². The fourth-order valence-corrected chi connectivity index (χ4v) is 1.99. The average Bonchev–Trinajstić information content (AvgIpc) is 2.79. The van der Waals surface area contributed by atoms with E-state index in [-0.39, 0.29) is 0 Å². The van der Waals surface area contributed by atoms with Gasteiger partial charge in [-0.3, -0.25) is 4.90 Å². The molecule has 0 radical (unpaired) electrons. The molecule has 2 heterocycles. The highest BCUT2D eigenvalue weighted by atomic mass is 16.6. The number of terminal acetylenes is 1. The standard InChI is InChI=1S/C11H14N2O/c1-2-3-4-7-14-12-11-9-13-6-5-10(11)8-13/h1,3-4,10H,5-9H2/b4-3+,12-11-. The summed E-state index contributed by atoms with van der Waals surface area (Å²) in [4.78, 5) is 7.56. The summed E-state index contributed by atoms with van der Waals surface area (Å²) in [6.45, 7) is 3.85. The first kappa shape index (κ1) is 9.29. The third-order valence-corrected chi connectivity index (χ3v) is 2.70. The van der Waals surface area contributed by atoms with E-state index in [0.29, 0.717) is 12.5 Å². The van der Waals surface area contributed by atoms with Crippen molar-refractivity contribution in [3.63, 3.8) is 0 Å². The molecule has 0 amide bonds. The molecule has 2 aliphatic heterocycles. The molecule has 0 aromatic heterocycles. The number of oxime groups is 1. The maximum absolute atomic E-state index is 5.15. The maximum Gasteiger partial charge on any atom is 0.136 e. The van der Waals surface area contributed by atoms with Gasteiger partial charge in [0.1, 0.15) is 6.61 Å². The number of fused-ring (bicyclic) bond motifs is 2. The predicted molar refractivity (Wildman–Crippen MR) is 55.9 cm³/mol. The normalized spacial score (nSPS) is 32.6. The van der Waals surface area contributed by atoms with Crippen LogP contribution in [0.2, 0.25) is 0 Å². The Hall–Kier alpha value is -1.27. The first-order valence-corrected chi connectivity index (χ1v) is 4.92. The molecule has 0 saturated carbocycles. The van der Waals surface area contributed by atoms with Crippen molar-refractivity contribution in [1.82, 2.24) is 4.90 Å². The van der Waals surface area contributed by atoms with Crippen LogP contribution in [0.25, 0.3) is 0 Å². The fraction of sp³-hybridized carbons (Fsp3) is 0.545. The van der Waals surface area contributed by atoms with Crippen LogP contribution in [0.15, 0.2) is 17.3 Å². The lowest BCUT2D eigenvalue weighted by molar-refractivity contribution is 0.172. The second-order valence-corrected chi connectivity index (χ2v) is 3.67. The Morgan fingerprint density at radius 1 is 1.71 bits per heavy atom. The van der Waals surface area contributed by atoms with E-state index in [1.807, 2.05) is 0 Å². The highest BCUT2D eigenvalue weighted by Crippen LogP contribution is 2.25. The van der Waals surface area contributed by atoms with E-state index in [1.54, 1.807) is 12.2 Å². The summed E-state index contributed by atoms with van der Waals surface area (Å²) in [7, 11) is 0. The van der Waals surface area contributed by atoms with Gasteiger partial charge in [-0.05, 0) is 25.1 Å². The molecular formula is C11H14N2O. The van der Waals surface area contributed by atoms with Crippen molar-refractivity contribution in [2.45, 2.75) is 6.42 Å². The van der Waals surface area contributed by atoms with Crippen molar-refractivity contribution in [2.24, 2.45) is 11.1 Å². The molecule has 3 nitrogen and oxygen atoms in total. The molecule has 2 aliphatic rings. The second-order valence-electron chi connectivity index (χ2n) is 3.67. The van der Waals surface area contributed by atoms with Gasteiger partial charge in [0.15, 0.2) is 0 Å². The molecule has 0 aromatic rings. The third-order valence-electron chi connectivity index (χ3n) is 2.70. The van der Waals surface area contributed by atoms with Crippen LogP contribution in [-0.4, -0.2) is 36.9 Å². The first-order valence-electron chi connectivity index (χ1n) is 4.92. The summed E-state index contributed by atoms with van der Waals surface area (Å²) >= 11 is 0. The molecule has 2 atom stereocenters. The molecule has 2 rings (SSSR count). The average molecular weight is 190 g/mol. The van der Waals surface area contributed by atoms with Gasteiger partial charge in [0.25, 0.3) is 0 Å². The number of hydrogen-bond donors (Lipinski definition) is 0. The fourth-order valence-electron chi connectivity index (χ4n) is 1.99. The zero-order valence-electron chi connectivity index (χ0n) is 8.15. The van der Waals surface area contributed by atoms with Crippen LogP contribution < -0.4 is 0 Å². The van der Waals surface area contributed by atoms with Crippen LogP contribution in [0, 0.1) is 18.3 Å². The van der Waals surface area contributed by atoms with E-state index in [2.05, 4.69) is 16.0 Å². The Morgan fingerprint density at radius 3 is 3.29 bits per heavy atom. The Morgan fingerprint density at radius 2 is 2.64 bits per heavy atom. The smallest absolute Gasteiger partial charge is 0.136 e. The van der Waals surface area contributed by atoms with Gasteiger partial charge in [-0.2, -0.15) is 0 Å². The van der Waals surface area contributed by atoms with Crippen LogP contribution in [0.1, 0.15) is 6.42 Å². The van der Waals surface area contributed by atoms with Gasteiger partial charge in [0, 0.05) is 19.0 Å². The monoisotopic (exact) mass is 190 g/mol. The summed E-state index contributed by atoms with van der Waals surface area (Å²) < 4.78 is 0. The predicted octanol–water partition coefficient (Wildman–Crippen LogP) is 0.884. The number of allylic oxidation sites excluding steroid dienone is 1. The Bertz CT molecular complexity index is 301. The highest BCUT2D eigenvalue weighted by Gasteiger charge is 2.35. The largest absolute Gasteiger partial charge is 0.392 e. The zero-order valence-corrected chi connectivity index (χ0v) is 8.15. The molecule has 2 bridgehead atoms. The number of rotatable bonds is 3. The minimum Gasteiger partial charge on any atom is -0.392 e. The first-order chi connectivity index (χ1) is 6.90. The van der Waals surface area contributed by atoms with Gasteiger partial charge in [-0.15, -0.1) is 6.42 Å². The maximum atomic E-state index is 5.15. The van der Waals surface area contributed by atoms with E-state index < -0.39 is 0 Å². The summed E-state index contributed by atoms with van der Waals surface area (Å²) in [6, 6.07) is 0. The van der Waals surface area contributed by atoms with Crippen molar-refractivity contribution in [1.29, 1.82) is 0 Å². The van der Waals surface area contributed by atoms with Crippen LogP contribution in [-0.2, 0) is 4.84 Å².